The summed E-state index contributed by atoms with van der Waals surface area (Å²) >= 11 is 0. The molecule has 1 aliphatic heterocycles. The van der Waals surface area contributed by atoms with E-state index < -0.39 is 18.2 Å². The summed E-state index contributed by atoms with van der Waals surface area (Å²) in [7, 11) is 0. The van der Waals surface area contributed by atoms with E-state index >= 15 is 0 Å². The summed E-state index contributed by atoms with van der Waals surface area (Å²) in [5.74, 6) is -1.44. The SMILES string of the molecule is CC(O)CCC(=O)N1CCC(C(F)(F)F)CC1. The third-order valence-corrected chi connectivity index (χ3v) is 3.09. The molecular formula is C11H18F3NO2. The molecule has 1 atom stereocenters. The largest absolute Gasteiger partial charge is 0.393 e. The van der Waals surface area contributed by atoms with Gasteiger partial charge in [0.05, 0.1) is 12.0 Å². The monoisotopic (exact) mass is 253 g/mol. The van der Waals surface area contributed by atoms with Crippen molar-refractivity contribution in [1.29, 1.82) is 0 Å². The van der Waals surface area contributed by atoms with Crippen molar-refractivity contribution in [3.8, 4) is 0 Å². The summed E-state index contributed by atoms with van der Waals surface area (Å²) in [6, 6.07) is 0. The first-order valence-corrected chi connectivity index (χ1v) is 5.83. The van der Waals surface area contributed by atoms with Gasteiger partial charge in [0, 0.05) is 19.5 Å². The van der Waals surface area contributed by atoms with E-state index in [2.05, 4.69) is 0 Å². The number of aliphatic hydroxyl groups excluding tert-OH is 1. The number of likely N-dealkylation sites (tertiary alicyclic amines) is 1. The van der Waals surface area contributed by atoms with Crippen molar-refractivity contribution >= 4 is 5.91 Å². The second-order valence-electron chi connectivity index (χ2n) is 4.58. The van der Waals surface area contributed by atoms with Crippen molar-refractivity contribution in [1.82, 2.24) is 4.90 Å². The highest BCUT2D eigenvalue weighted by molar-refractivity contribution is 5.76. The lowest BCUT2D eigenvalue weighted by atomic mass is 9.96. The topological polar surface area (TPSA) is 40.5 Å². The first kappa shape index (κ1) is 14.3. The minimum Gasteiger partial charge on any atom is -0.393 e. The summed E-state index contributed by atoms with van der Waals surface area (Å²) in [6.45, 7) is 1.93. The smallest absolute Gasteiger partial charge is 0.391 e. The lowest BCUT2D eigenvalue weighted by Crippen LogP contribution is -2.42. The third kappa shape index (κ3) is 4.53. The summed E-state index contributed by atoms with van der Waals surface area (Å²) in [5.41, 5.74) is 0. The van der Waals surface area contributed by atoms with E-state index in [1.54, 1.807) is 6.92 Å². The number of carbonyl (C=O) groups is 1. The molecule has 0 bridgehead atoms. The summed E-state index contributed by atoms with van der Waals surface area (Å²) in [4.78, 5) is 13.1. The average molecular weight is 253 g/mol. The van der Waals surface area contributed by atoms with E-state index in [9.17, 15) is 18.0 Å². The van der Waals surface area contributed by atoms with Crippen molar-refractivity contribution in [2.24, 2.45) is 5.92 Å². The molecule has 0 radical (unpaired) electrons. The fraction of sp³-hybridized carbons (Fsp3) is 0.909. The molecule has 6 heteroatoms. The Hall–Kier alpha value is -0.780. The Kier molecular flexibility index (Phi) is 4.80. The van der Waals surface area contributed by atoms with E-state index in [-0.39, 0.29) is 38.3 Å². The quantitative estimate of drug-likeness (QED) is 0.835. The Morgan fingerprint density at radius 2 is 1.94 bits per heavy atom. The van der Waals surface area contributed by atoms with Crippen LogP contribution in [0.1, 0.15) is 32.6 Å². The molecule has 0 aromatic heterocycles. The minimum atomic E-state index is -4.14. The Morgan fingerprint density at radius 3 is 2.35 bits per heavy atom. The molecule has 1 saturated heterocycles. The van der Waals surface area contributed by atoms with Gasteiger partial charge in [-0.25, -0.2) is 0 Å². The van der Waals surface area contributed by atoms with Crippen LogP contribution in [0.2, 0.25) is 0 Å². The molecule has 1 fully saturated rings. The van der Waals surface area contributed by atoms with Crippen LogP contribution in [0.25, 0.3) is 0 Å². The summed E-state index contributed by atoms with van der Waals surface area (Å²) in [5, 5.41) is 9.03. The number of hydrogen-bond acceptors (Lipinski definition) is 2. The van der Waals surface area contributed by atoms with Gasteiger partial charge in [0.25, 0.3) is 0 Å². The third-order valence-electron chi connectivity index (χ3n) is 3.09. The Bertz CT molecular complexity index is 258. The van der Waals surface area contributed by atoms with Crippen LogP contribution in [-0.4, -0.2) is 41.3 Å². The van der Waals surface area contributed by atoms with E-state index in [1.165, 1.54) is 4.90 Å². The lowest BCUT2D eigenvalue weighted by molar-refractivity contribution is -0.186. The number of halogens is 3. The number of alkyl halides is 3. The number of aliphatic hydroxyl groups is 1. The number of hydrogen-bond donors (Lipinski definition) is 1. The fourth-order valence-electron chi connectivity index (χ4n) is 1.95. The van der Waals surface area contributed by atoms with E-state index in [0.29, 0.717) is 6.42 Å². The number of nitrogens with zero attached hydrogens (tertiary/aromatic N) is 1. The maximum absolute atomic E-state index is 12.4. The molecule has 100 valence electrons. The first-order chi connectivity index (χ1) is 7.80. The number of carbonyl (C=O) groups excluding carboxylic acids is 1. The molecule has 0 spiro atoms. The molecule has 0 aromatic rings. The van der Waals surface area contributed by atoms with Crippen LogP contribution in [-0.2, 0) is 4.79 Å². The van der Waals surface area contributed by atoms with E-state index in [4.69, 9.17) is 5.11 Å². The second kappa shape index (κ2) is 5.71. The molecule has 1 amide bonds. The van der Waals surface area contributed by atoms with Gasteiger partial charge in [-0.3, -0.25) is 4.79 Å². The second-order valence-corrected chi connectivity index (χ2v) is 4.58. The van der Waals surface area contributed by atoms with Gasteiger partial charge in [-0.1, -0.05) is 0 Å². The van der Waals surface area contributed by atoms with Gasteiger partial charge in [-0.05, 0) is 26.2 Å². The van der Waals surface area contributed by atoms with Crippen LogP contribution in [0.4, 0.5) is 13.2 Å². The fourth-order valence-corrected chi connectivity index (χ4v) is 1.95. The van der Waals surface area contributed by atoms with Crippen LogP contribution >= 0.6 is 0 Å². The van der Waals surface area contributed by atoms with Crippen molar-refractivity contribution in [3.05, 3.63) is 0 Å². The molecule has 1 aliphatic rings. The molecule has 1 N–H and O–H groups in total. The van der Waals surface area contributed by atoms with Crippen molar-refractivity contribution < 1.29 is 23.1 Å². The van der Waals surface area contributed by atoms with E-state index in [0.717, 1.165) is 0 Å². The highest BCUT2D eigenvalue weighted by Gasteiger charge is 2.41. The van der Waals surface area contributed by atoms with Gasteiger partial charge < -0.3 is 10.0 Å². The summed E-state index contributed by atoms with van der Waals surface area (Å²) in [6.07, 6.45) is -4.15. The highest BCUT2D eigenvalue weighted by Crippen LogP contribution is 2.34. The number of rotatable bonds is 3. The van der Waals surface area contributed by atoms with Gasteiger partial charge >= 0.3 is 6.18 Å². The van der Waals surface area contributed by atoms with Crippen molar-refractivity contribution in [2.75, 3.05) is 13.1 Å². The Morgan fingerprint density at radius 1 is 1.41 bits per heavy atom. The molecular weight excluding hydrogens is 235 g/mol. The van der Waals surface area contributed by atoms with Crippen LogP contribution < -0.4 is 0 Å². The van der Waals surface area contributed by atoms with Gasteiger partial charge in [0.2, 0.25) is 5.91 Å². The summed E-state index contributed by atoms with van der Waals surface area (Å²) < 4.78 is 37.2. The predicted molar refractivity (Wildman–Crippen MR) is 56.3 cm³/mol. The predicted octanol–water partition coefficient (Wildman–Crippen LogP) is 1.95. The zero-order valence-corrected chi connectivity index (χ0v) is 9.83. The van der Waals surface area contributed by atoms with Crippen molar-refractivity contribution in [2.45, 2.75) is 44.9 Å². The molecule has 1 heterocycles. The van der Waals surface area contributed by atoms with Gasteiger partial charge in [0.15, 0.2) is 0 Å². The molecule has 1 unspecified atom stereocenters. The maximum Gasteiger partial charge on any atom is 0.391 e. The Balaban J connectivity index is 2.34. The standard InChI is InChI=1S/C11H18F3NO2/c1-8(16)2-3-10(17)15-6-4-9(5-7-15)11(12,13)14/h8-9,16H,2-7H2,1H3. The number of amides is 1. The van der Waals surface area contributed by atoms with Crippen LogP contribution in [0.15, 0.2) is 0 Å². The molecule has 0 aliphatic carbocycles. The number of piperidine rings is 1. The van der Waals surface area contributed by atoms with Crippen LogP contribution in [0.3, 0.4) is 0 Å². The molecule has 0 saturated carbocycles. The van der Waals surface area contributed by atoms with Gasteiger partial charge in [-0.2, -0.15) is 13.2 Å². The van der Waals surface area contributed by atoms with Crippen LogP contribution in [0.5, 0.6) is 0 Å². The zero-order chi connectivity index (χ0) is 13.1. The molecule has 0 aromatic carbocycles. The van der Waals surface area contributed by atoms with Crippen molar-refractivity contribution in [3.63, 3.8) is 0 Å². The van der Waals surface area contributed by atoms with E-state index in [1.807, 2.05) is 0 Å². The Labute approximate surface area is 98.6 Å². The molecule has 3 nitrogen and oxygen atoms in total. The zero-order valence-electron chi connectivity index (χ0n) is 9.83. The van der Waals surface area contributed by atoms with Crippen LogP contribution in [0, 0.1) is 5.92 Å². The molecule has 17 heavy (non-hydrogen) atoms. The molecule has 1 rings (SSSR count). The lowest BCUT2D eigenvalue weighted by Gasteiger charge is -2.33. The van der Waals surface area contributed by atoms with Gasteiger partial charge in [-0.15, -0.1) is 0 Å². The normalized spacial score (nSPS) is 20.4. The maximum atomic E-state index is 12.4. The minimum absolute atomic E-state index is 0.0100. The highest BCUT2D eigenvalue weighted by atomic mass is 19.4. The average Bonchev–Trinajstić information content (AvgIpc) is 2.25. The first-order valence-electron chi connectivity index (χ1n) is 5.83. The van der Waals surface area contributed by atoms with Gasteiger partial charge in [0.1, 0.15) is 0 Å².